The van der Waals surface area contributed by atoms with E-state index in [-0.39, 0.29) is 12.3 Å². The minimum atomic E-state index is -0.730. The van der Waals surface area contributed by atoms with Crippen LogP contribution >= 0.6 is 0 Å². The number of likely N-dealkylation sites (tertiary alicyclic amines) is 1. The van der Waals surface area contributed by atoms with Gasteiger partial charge in [-0.05, 0) is 6.92 Å². The largest absolute Gasteiger partial charge is 0.441 e. The molecule has 0 aromatic carbocycles. The Balaban J connectivity index is 2.52. The summed E-state index contributed by atoms with van der Waals surface area (Å²) in [5, 5.41) is 2.46. The van der Waals surface area contributed by atoms with E-state index in [0.717, 1.165) is 4.90 Å². The van der Waals surface area contributed by atoms with Gasteiger partial charge in [0.05, 0.1) is 6.42 Å². The molecule has 0 unspecified atom stereocenters. The molecule has 1 heterocycles. The number of amides is 3. The lowest BCUT2D eigenvalue weighted by molar-refractivity contribution is -0.174. The number of hydrogen-bond acceptors (Lipinski definition) is 4. The first-order chi connectivity index (χ1) is 6.56. The van der Waals surface area contributed by atoms with Crippen LogP contribution in [-0.4, -0.2) is 35.6 Å². The quantitative estimate of drug-likeness (QED) is 0.496. The molecule has 1 fully saturated rings. The van der Waals surface area contributed by atoms with Gasteiger partial charge < -0.3 is 10.1 Å². The zero-order valence-electron chi connectivity index (χ0n) is 8.07. The molecule has 0 bridgehead atoms. The third-order valence-corrected chi connectivity index (χ3v) is 1.75. The fourth-order valence-electron chi connectivity index (χ4n) is 1.15. The highest BCUT2D eigenvalue weighted by Crippen LogP contribution is 2.20. The first kappa shape index (κ1) is 10.5. The molecule has 0 aromatic rings. The van der Waals surface area contributed by atoms with Crippen molar-refractivity contribution in [2.45, 2.75) is 26.5 Å². The van der Waals surface area contributed by atoms with E-state index in [1.54, 1.807) is 6.92 Å². The average molecular weight is 200 g/mol. The summed E-state index contributed by atoms with van der Waals surface area (Å²) in [6.07, 6.45) is -0.650. The van der Waals surface area contributed by atoms with Crippen molar-refractivity contribution in [1.82, 2.24) is 10.2 Å². The van der Waals surface area contributed by atoms with Crippen molar-refractivity contribution >= 4 is 17.9 Å². The lowest BCUT2D eigenvalue weighted by Gasteiger charge is -2.36. The average Bonchev–Trinajstić information content (AvgIpc) is 2.02. The van der Waals surface area contributed by atoms with Crippen molar-refractivity contribution in [3.8, 4) is 0 Å². The molecule has 1 aliphatic rings. The molecule has 6 heteroatoms. The Labute approximate surface area is 81.2 Å². The zero-order chi connectivity index (χ0) is 10.7. The number of carbonyl (C=O) groups is 3. The van der Waals surface area contributed by atoms with Crippen molar-refractivity contribution < 1.29 is 19.1 Å². The summed E-state index contributed by atoms with van der Waals surface area (Å²) in [6.45, 7) is 3.40. The highest BCUT2D eigenvalue weighted by molar-refractivity contribution is 5.99. The van der Waals surface area contributed by atoms with Gasteiger partial charge in [0.25, 0.3) is 0 Å². The van der Waals surface area contributed by atoms with E-state index < -0.39 is 18.2 Å². The zero-order valence-corrected chi connectivity index (χ0v) is 8.07. The molecule has 0 aromatic heterocycles. The van der Waals surface area contributed by atoms with Gasteiger partial charge >= 0.3 is 12.0 Å². The standard InChI is InChI=1S/C8H12N2O4/c1-3-9-8(13)10-6(12)4-7(10)14-5(2)11/h7H,3-4H2,1-2H3,(H,9,13)/t7-/m1/s1. The summed E-state index contributed by atoms with van der Waals surface area (Å²) in [5.41, 5.74) is 0. The van der Waals surface area contributed by atoms with Crippen LogP contribution in [0.4, 0.5) is 4.79 Å². The predicted octanol–water partition coefficient (Wildman–Crippen LogP) is -0.163. The lowest BCUT2D eigenvalue weighted by atomic mass is 10.2. The van der Waals surface area contributed by atoms with E-state index in [9.17, 15) is 14.4 Å². The van der Waals surface area contributed by atoms with Crippen molar-refractivity contribution in [1.29, 1.82) is 0 Å². The minimum absolute atomic E-state index is 0.0801. The van der Waals surface area contributed by atoms with Gasteiger partial charge in [-0.3, -0.25) is 9.59 Å². The van der Waals surface area contributed by atoms with Gasteiger partial charge in [-0.15, -0.1) is 0 Å². The summed E-state index contributed by atoms with van der Waals surface area (Å²) in [4.78, 5) is 33.7. The molecule has 1 N–H and O–H groups in total. The molecule has 0 aliphatic carbocycles. The number of nitrogens with zero attached hydrogens (tertiary/aromatic N) is 1. The lowest BCUT2D eigenvalue weighted by Crippen LogP contribution is -2.60. The normalized spacial score (nSPS) is 20.0. The molecule has 0 radical (unpaired) electrons. The van der Waals surface area contributed by atoms with Crippen LogP contribution in [0.1, 0.15) is 20.3 Å². The molecule has 6 nitrogen and oxygen atoms in total. The van der Waals surface area contributed by atoms with E-state index in [4.69, 9.17) is 4.74 Å². The van der Waals surface area contributed by atoms with Gasteiger partial charge in [0.2, 0.25) is 5.91 Å². The number of rotatable bonds is 2. The summed E-state index contributed by atoms with van der Waals surface area (Å²) >= 11 is 0. The first-order valence-corrected chi connectivity index (χ1v) is 4.33. The number of nitrogens with one attached hydrogen (secondary N) is 1. The van der Waals surface area contributed by atoms with Crippen LogP contribution in [0.25, 0.3) is 0 Å². The number of urea groups is 1. The molecule has 14 heavy (non-hydrogen) atoms. The predicted molar refractivity (Wildman–Crippen MR) is 46.1 cm³/mol. The van der Waals surface area contributed by atoms with Crippen LogP contribution in [0.3, 0.4) is 0 Å². The van der Waals surface area contributed by atoms with Crippen LogP contribution in [0.2, 0.25) is 0 Å². The maximum atomic E-state index is 11.2. The van der Waals surface area contributed by atoms with Crippen LogP contribution in [0.5, 0.6) is 0 Å². The van der Waals surface area contributed by atoms with Gasteiger partial charge in [0, 0.05) is 13.5 Å². The third kappa shape index (κ3) is 2.01. The van der Waals surface area contributed by atoms with E-state index in [1.165, 1.54) is 6.92 Å². The Morgan fingerprint density at radius 3 is 2.71 bits per heavy atom. The smallest absolute Gasteiger partial charge is 0.327 e. The Morgan fingerprint density at radius 1 is 1.64 bits per heavy atom. The van der Waals surface area contributed by atoms with Crippen molar-refractivity contribution in [2.75, 3.05) is 6.54 Å². The molecule has 0 spiro atoms. The maximum absolute atomic E-state index is 11.2. The SMILES string of the molecule is CCNC(=O)N1C(=O)C[C@H]1OC(C)=O. The second-order valence-corrected chi connectivity index (χ2v) is 2.87. The monoisotopic (exact) mass is 200 g/mol. The van der Waals surface area contributed by atoms with Crippen molar-refractivity contribution in [3.63, 3.8) is 0 Å². The second kappa shape index (κ2) is 4.08. The number of imide groups is 1. The molecule has 78 valence electrons. The van der Waals surface area contributed by atoms with E-state index in [1.807, 2.05) is 0 Å². The summed E-state index contributed by atoms with van der Waals surface area (Å²) in [5.74, 6) is -0.834. The Bertz CT molecular complexity index is 277. The maximum Gasteiger partial charge on any atom is 0.327 e. The van der Waals surface area contributed by atoms with Crippen LogP contribution in [0, 0.1) is 0 Å². The summed E-state index contributed by atoms with van der Waals surface area (Å²) in [7, 11) is 0. The van der Waals surface area contributed by atoms with Gasteiger partial charge in [0.1, 0.15) is 0 Å². The fourth-order valence-corrected chi connectivity index (χ4v) is 1.15. The van der Waals surface area contributed by atoms with Gasteiger partial charge in [-0.2, -0.15) is 0 Å². The second-order valence-electron chi connectivity index (χ2n) is 2.87. The molecular formula is C8H12N2O4. The molecular weight excluding hydrogens is 188 g/mol. The van der Waals surface area contributed by atoms with Gasteiger partial charge in [0.15, 0.2) is 6.23 Å². The first-order valence-electron chi connectivity index (χ1n) is 4.33. The van der Waals surface area contributed by atoms with Gasteiger partial charge in [-0.1, -0.05) is 0 Å². The number of ether oxygens (including phenoxy) is 1. The van der Waals surface area contributed by atoms with Crippen LogP contribution < -0.4 is 5.32 Å². The molecule has 1 aliphatic heterocycles. The molecule has 3 amide bonds. The van der Waals surface area contributed by atoms with Crippen LogP contribution in [0.15, 0.2) is 0 Å². The minimum Gasteiger partial charge on any atom is -0.441 e. The van der Waals surface area contributed by atoms with Crippen molar-refractivity contribution in [2.24, 2.45) is 0 Å². The number of carbonyl (C=O) groups excluding carboxylic acids is 3. The highest BCUT2D eigenvalue weighted by Gasteiger charge is 2.43. The third-order valence-electron chi connectivity index (χ3n) is 1.75. The Hall–Kier alpha value is -1.59. The molecule has 0 saturated carbocycles. The topological polar surface area (TPSA) is 75.7 Å². The molecule has 1 atom stereocenters. The summed E-state index contributed by atoms with van der Waals surface area (Å²) < 4.78 is 4.74. The Kier molecular flexibility index (Phi) is 3.06. The fraction of sp³-hybridized carbons (Fsp3) is 0.625. The van der Waals surface area contributed by atoms with Crippen molar-refractivity contribution in [3.05, 3.63) is 0 Å². The highest BCUT2D eigenvalue weighted by atomic mass is 16.6. The summed E-state index contributed by atoms with van der Waals surface area (Å²) in [6, 6.07) is -0.519. The van der Waals surface area contributed by atoms with Crippen LogP contribution in [-0.2, 0) is 14.3 Å². The van der Waals surface area contributed by atoms with Gasteiger partial charge in [-0.25, -0.2) is 9.69 Å². The van der Waals surface area contributed by atoms with E-state index in [0.29, 0.717) is 6.54 Å². The number of hydrogen-bond donors (Lipinski definition) is 1. The molecule has 1 rings (SSSR count). The van der Waals surface area contributed by atoms with E-state index >= 15 is 0 Å². The number of β-lactam (4-membered cyclic amide) rings is 1. The number of esters is 1. The molecule has 1 saturated heterocycles. The van der Waals surface area contributed by atoms with E-state index in [2.05, 4.69) is 5.32 Å². The Morgan fingerprint density at radius 2 is 2.29 bits per heavy atom.